The summed E-state index contributed by atoms with van der Waals surface area (Å²) in [6, 6.07) is 9.87. The van der Waals surface area contributed by atoms with Crippen molar-refractivity contribution in [3.05, 3.63) is 54.3 Å². The average molecular weight is 466 g/mol. The van der Waals surface area contributed by atoms with Gasteiger partial charge >= 0.3 is 0 Å². The number of hydrogen-bond acceptors (Lipinski definition) is 4. The lowest BCUT2D eigenvalue weighted by molar-refractivity contribution is -0.124. The van der Waals surface area contributed by atoms with Crippen LogP contribution < -0.4 is 10.1 Å². The molecule has 2 heterocycles. The predicted molar refractivity (Wildman–Crippen MR) is 140 cm³/mol. The molecule has 0 aliphatic carbocycles. The highest BCUT2D eigenvalue weighted by Gasteiger charge is 2.39. The normalized spacial score (nSPS) is 18.8. The molecule has 2 aliphatic heterocycles. The number of allylic oxidation sites excluding steroid dienone is 1. The first kappa shape index (κ1) is 26.1. The number of carbonyl (C=O) groups excluding carboxylic acids is 1. The maximum absolute atomic E-state index is 13.4. The maximum atomic E-state index is 13.4. The first-order valence-corrected chi connectivity index (χ1v) is 13.2. The molecule has 186 valence electrons. The van der Waals surface area contributed by atoms with Crippen LogP contribution in [-0.4, -0.2) is 41.8 Å². The molecule has 0 unspecified atom stereocenters. The summed E-state index contributed by atoms with van der Waals surface area (Å²) >= 11 is 0. The Labute approximate surface area is 206 Å². The van der Waals surface area contributed by atoms with Crippen molar-refractivity contribution in [1.29, 1.82) is 5.41 Å². The van der Waals surface area contributed by atoms with Crippen molar-refractivity contribution in [2.24, 2.45) is 5.92 Å². The number of ketones is 1. The van der Waals surface area contributed by atoms with Crippen molar-refractivity contribution in [3.63, 3.8) is 0 Å². The summed E-state index contributed by atoms with van der Waals surface area (Å²) in [5, 5.41) is 11.9. The summed E-state index contributed by atoms with van der Waals surface area (Å²) in [5.41, 5.74) is 1.59. The molecular weight excluding hydrogens is 422 g/mol. The average Bonchev–Trinajstić information content (AvgIpc) is 2.96. The van der Waals surface area contributed by atoms with Gasteiger partial charge in [0.2, 0.25) is 0 Å². The molecule has 0 atom stereocenters. The molecule has 5 heteroatoms. The molecule has 0 spiro atoms. The first-order valence-electron chi connectivity index (χ1n) is 13.2. The minimum atomic E-state index is -0.554. The third-order valence-corrected chi connectivity index (χ3v) is 7.32. The van der Waals surface area contributed by atoms with Gasteiger partial charge in [0.1, 0.15) is 18.2 Å². The van der Waals surface area contributed by atoms with Gasteiger partial charge in [-0.2, -0.15) is 0 Å². The molecule has 0 saturated carbocycles. The van der Waals surface area contributed by atoms with Crippen LogP contribution in [0.15, 0.2) is 54.3 Å². The fourth-order valence-corrected chi connectivity index (χ4v) is 5.21. The predicted octanol–water partition coefficient (Wildman–Crippen LogP) is 6.27. The molecule has 5 nitrogen and oxygen atoms in total. The number of hydrogen-bond donors (Lipinski definition) is 2. The van der Waals surface area contributed by atoms with E-state index in [0.29, 0.717) is 24.8 Å². The molecular formula is C29H43N3O2. The highest BCUT2D eigenvalue weighted by molar-refractivity contribution is 6.01. The Morgan fingerprint density at radius 3 is 2.41 bits per heavy atom. The van der Waals surface area contributed by atoms with Crippen molar-refractivity contribution in [3.8, 4) is 5.75 Å². The van der Waals surface area contributed by atoms with Gasteiger partial charge in [0.05, 0.1) is 5.54 Å². The molecule has 3 rings (SSSR count). The van der Waals surface area contributed by atoms with E-state index in [4.69, 9.17) is 10.1 Å². The van der Waals surface area contributed by atoms with Crippen molar-refractivity contribution >= 4 is 11.6 Å². The SMILES string of the molecule is C=C(COc1ccccc1)N1CCC(CC2=CC(=N)NC(CCCC)(CCCC)C(=O)C2)CC1. The second-order valence-electron chi connectivity index (χ2n) is 10.0. The Morgan fingerprint density at radius 1 is 1.15 bits per heavy atom. The Kier molecular flexibility index (Phi) is 9.79. The number of carbonyl (C=O) groups is 1. The van der Waals surface area contributed by atoms with Crippen molar-refractivity contribution < 1.29 is 9.53 Å². The van der Waals surface area contributed by atoms with Crippen LogP contribution in [0.4, 0.5) is 0 Å². The number of nitrogens with one attached hydrogen (secondary N) is 2. The number of nitrogens with zero attached hydrogens (tertiary/aromatic N) is 1. The number of ether oxygens (including phenoxy) is 1. The van der Waals surface area contributed by atoms with Crippen LogP contribution in [0.25, 0.3) is 0 Å². The lowest BCUT2D eigenvalue weighted by atomic mass is 9.80. The van der Waals surface area contributed by atoms with Gasteiger partial charge in [-0.25, -0.2) is 0 Å². The molecule has 2 aliphatic rings. The smallest absolute Gasteiger partial charge is 0.162 e. The van der Waals surface area contributed by atoms with Gasteiger partial charge in [0, 0.05) is 25.2 Å². The van der Waals surface area contributed by atoms with Crippen LogP contribution >= 0.6 is 0 Å². The number of piperidine rings is 1. The van der Waals surface area contributed by atoms with E-state index in [1.54, 1.807) is 0 Å². The summed E-state index contributed by atoms with van der Waals surface area (Å²) in [6.07, 6.45) is 11.3. The molecule has 1 saturated heterocycles. The van der Waals surface area contributed by atoms with E-state index in [0.717, 1.165) is 87.9 Å². The van der Waals surface area contributed by atoms with E-state index < -0.39 is 5.54 Å². The molecule has 0 bridgehead atoms. The number of amidine groups is 1. The first-order chi connectivity index (χ1) is 16.5. The summed E-state index contributed by atoms with van der Waals surface area (Å²) < 4.78 is 5.86. The zero-order valence-electron chi connectivity index (χ0n) is 21.2. The van der Waals surface area contributed by atoms with Gasteiger partial charge in [0.25, 0.3) is 0 Å². The van der Waals surface area contributed by atoms with Crippen molar-refractivity contribution in [2.45, 2.75) is 83.6 Å². The fraction of sp³-hybridized carbons (Fsp3) is 0.586. The van der Waals surface area contributed by atoms with E-state index in [1.165, 1.54) is 0 Å². The molecule has 1 aromatic carbocycles. The molecule has 1 fully saturated rings. The minimum Gasteiger partial charge on any atom is -0.487 e. The molecule has 0 radical (unpaired) electrons. The van der Waals surface area contributed by atoms with Gasteiger partial charge < -0.3 is 15.0 Å². The Balaban J connectivity index is 1.51. The number of para-hydroxylation sites is 1. The molecule has 0 aromatic heterocycles. The van der Waals surface area contributed by atoms with Crippen LogP contribution in [0.2, 0.25) is 0 Å². The second-order valence-corrected chi connectivity index (χ2v) is 10.0. The zero-order valence-corrected chi connectivity index (χ0v) is 21.2. The summed E-state index contributed by atoms with van der Waals surface area (Å²) in [6.45, 7) is 11.0. The monoisotopic (exact) mass is 465 g/mol. The van der Waals surface area contributed by atoms with Crippen LogP contribution in [0.1, 0.15) is 78.1 Å². The van der Waals surface area contributed by atoms with E-state index >= 15 is 0 Å². The molecule has 2 N–H and O–H groups in total. The zero-order chi connectivity index (χ0) is 24.4. The van der Waals surface area contributed by atoms with Gasteiger partial charge in [-0.15, -0.1) is 0 Å². The number of unbranched alkanes of at least 4 members (excludes halogenated alkanes) is 2. The largest absolute Gasteiger partial charge is 0.487 e. The van der Waals surface area contributed by atoms with Crippen LogP contribution in [-0.2, 0) is 4.79 Å². The van der Waals surface area contributed by atoms with Gasteiger partial charge in [-0.3, -0.25) is 10.2 Å². The van der Waals surface area contributed by atoms with Crippen LogP contribution in [0.5, 0.6) is 5.75 Å². The highest BCUT2D eigenvalue weighted by Crippen LogP contribution is 2.32. The van der Waals surface area contributed by atoms with E-state index in [2.05, 4.69) is 30.6 Å². The molecule has 0 amide bonds. The topological polar surface area (TPSA) is 65.4 Å². The van der Waals surface area contributed by atoms with Gasteiger partial charge in [-0.1, -0.05) is 69.9 Å². The van der Waals surface area contributed by atoms with Crippen molar-refractivity contribution in [2.75, 3.05) is 19.7 Å². The lowest BCUT2D eigenvalue weighted by Crippen LogP contribution is -2.53. The second kappa shape index (κ2) is 12.8. The third kappa shape index (κ3) is 7.22. The van der Waals surface area contributed by atoms with E-state index in [1.807, 2.05) is 36.4 Å². The standard InChI is InChI=1S/C29H43N3O2/c1-4-6-15-29(16-7-5-2)27(33)20-25(21-28(30)31-29)19-24-13-17-32(18-14-24)23(3)22-34-26-11-9-8-10-12-26/h8-12,21,24H,3-7,13-20,22H2,1-2H3,(H2,30,31). The number of Topliss-reactive ketones (excluding diaryl/α,β-unsaturated/α-hetero) is 1. The fourth-order valence-electron chi connectivity index (χ4n) is 5.21. The third-order valence-electron chi connectivity index (χ3n) is 7.32. The van der Waals surface area contributed by atoms with Crippen LogP contribution in [0.3, 0.4) is 0 Å². The Morgan fingerprint density at radius 2 is 1.79 bits per heavy atom. The van der Waals surface area contributed by atoms with E-state index in [9.17, 15) is 4.79 Å². The number of rotatable bonds is 12. The summed E-state index contributed by atoms with van der Waals surface area (Å²) in [7, 11) is 0. The summed E-state index contributed by atoms with van der Waals surface area (Å²) in [5.74, 6) is 2.11. The maximum Gasteiger partial charge on any atom is 0.162 e. The quantitative estimate of drug-likeness (QED) is 0.382. The van der Waals surface area contributed by atoms with E-state index in [-0.39, 0.29) is 5.78 Å². The molecule has 1 aromatic rings. The van der Waals surface area contributed by atoms with Crippen molar-refractivity contribution in [1.82, 2.24) is 10.2 Å². The minimum absolute atomic E-state index is 0.284. The lowest BCUT2D eigenvalue weighted by Gasteiger charge is -2.35. The molecule has 34 heavy (non-hydrogen) atoms. The van der Waals surface area contributed by atoms with Crippen LogP contribution in [0, 0.1) is 11.3 Å². The Bertz CT molecular complexity index is 845. The van der Waals surface area contributed by atoms with Gasteiger partial charge in [0.15, 0.2) is 5.78 Å². The summed E-state index contributed by atoms with van der Waals surface area (Å²) in [4.78, 5) is 15.8. The number of benzene rings is 1. The van der Waals surface area contributed by atoms with Gasteiger partial charge in [-0.05, 0) is 56.2 Å². The Hall–Kier alpha value is -2.56. The number of likely N-dealkylation sites (tertiary alicyclic amines) is 1. The highest BCUT2D eigenvalue weighted by atomic mass is 16.5.